The Labute approximate surface area is 72.7 Å². The van der Waals surface area contributed by atoms with Crippen molar-refractivity contribution in [2.75, 3.05) is 0 Å². The van der Waals surface area contributed by atoms with Crippen LogP contribution in [-0.2, 0) is 4.79 Å². The Balaban J connectivity index is 3.27. The second-order valence-electron chi connectivity index (χ2n) is 2.16. The monoisotopic (exact) mass is 172 g/mol. The van der Waals surface area contributed by atoms with Crippen LogP contribution in [0.2, 0.25) is 0 Å². The Morgan fingerprint density at radius 2 is 1.91 bits per heavy atom. The van der Waals surface area contributed by atoms with Gasteiger partial charge in [-0.1, -0.05) is 25.2 Å². The van der Waals surface area contributed by atoms with E-state index in [1.807, 2.05) is 0 Å². The predicted octanol–water partition coefficient (Wildman–Crippen LogP) is 3.05. The van der Waals surface area contributed by atoms with Gasteiger partial charge in [-0.05, 0) is 36.9 Å². The lowest BCUT2D eigenvalue weighted by Crippen LogP contribution is -1.74. The summed E-state index contributed by atoms with van der Waals surface area (Å²) >= 11 is 5.07. The van der Waals surface area contributed by atoms with E-state index < -0.39 is 5.24 Å². The molecule has 0 heterocycles. The van der Waals surface area contributed by atoms with E-state index in [9.17, 15) is 4.79 Å². The maximum Gasteiger partial charge on any atom is 0.244 e. The van der Waals surface area contributed by atoms with Crippen molar-refractivity contribution >= 4 is 16.8 Å². The van der Waals surface area contributed by atoms with E-state index in [4.69, 9.17) is 11.6 Å². The van der Waals surface area contributed by atoms with Crippen molar-refractivity contribution in [2.24, 2.45) is 0 Å². The number of halogens is 1. The van der Waals surface area contributed by atoms with Gasteiger partial charge in [0, 0.05) is 0 Å². The van der Waals surface area contributed by atoms with Crippen LogP contribution in [0, 0.1) is 0 Å². The van der Waals surface area contributed by atoms with Crippen molar-refractivity contribution in [2.45, 2.75) is 26.2 Å². The highest BCUT2D eigenvalue weighted by atomic mass is 35.5. The molecule has 0 aromatic carbocycles. The molecule has 0 aliphatic heterocycles. The molecule has 0 rings (SSSR count). The molecular weight excluding hydrogens is 160 g/mol. The summed E-state index contributed by atoms with van der Waals surface area (Å²) in [6, 6.07) is 0. The molecule has 0 aromatic heterocycles. The third-order valence-electron chi connectivity index (χ3n) is 1.15. The summed E-state index contributed by atoms with van der Waals surface area (Å²) in [5.74, 6) is 0. The molecule has 0 bridgehead atoms. The van der Waals surface area contributed by atoms with Crippen LogP contribution in [0.25, 0.3) is 0 Å². The first kappa shape index (κ1) is 10.4. The first-order valence-corrected chi connectivity index (χ1v) is 4.16. The van der Waals surface area contributed by atoms with Gasteiger partial charge in [-0.2, -0.15) is 0 Å². The van der Waals surface area contributed by atoms with Gasteiger partial charge >= 0.3 is 0 Å². The first-order valence-electron chi connectivity index (χ1n) is 3.78. The Bertz CT molecular complexity index is 159. The average Bonchev–Trinajstić information content (AvgIpc) is 1.96. The first-order chi connectivity index (χ1) is 5.27. The summed E-state index contributed by atoms with van der Waals surface area (Å²) in [6.45, 7) is 2.09. The third kappa shape index (κ3) is 9.44. The lowest BCUT2D eigenvalue weighted by Gasteiger charge is -1.84. The van der Waals surface area contributed by atoms with Gasteiger partial charge < -0.3 is 0 Å². The molecule has 62 valence electrons. The second kappa shape index (κ2) is 7.55. The van der Waals surface area contributed by atoms with Crippen LogP contribution in [0.3, 0.4) is 0 Å². The molecule has 0 N–H and O–H groups in total. The molecule has 1 nitrogen and oxygen atoms in total. The van der Waals surface area contributed by atoms with E-state index >= 15 is 0 Å². The fraction of sp³-hybridized carbons (Fsp3) is 0.444. The van der Waals surface area contributed by atoms with Crippen LogP contribution in [0.15, 0.2) is 24.3 Å². The third-order valence-corrected chi connectivity index (χ3v) is 1.28. The topological polar surface area (TPSA) is 17.1 Å². The van der Waals surface area contributed by atoms with Gasteiger partial charge in [-0.3, -0.25) is 4.79 Å². The van der Waals surface area contributed by atoms with E-state index in [2.05, 4.69) is 19.1 Å². The van der Waals surface area contributed by atoms with Crippen molar-refractivity contribution in [1.82, 2.24) is 0 Å². The predicted molar refractivity (Wildman–Crippen MR) is 48.7 cm³/mol. The molecular formula is C9H13ClO. The number of rotatable bonds is 5. The number of unbranched alkanes of at least 4 members (excludes halogenated alkanes) is 1. The van der Waals surface area contributed by atoms with E-state index in [1.54, 1.807) is 6.08 Å². The summed E-state index contributed by atoms with van der Waals surface area (Å²) < 4.78 is 0. The summed E-state index contributed by atoms with van der Waals surface area (Å²) in [4.78, 5) is 10.2. The Hall–Kier alpha value is -0.560. The Morgan fingerprint density at radius 1 is 1.27 bits per heavy atom. The summed E-state index contributed by atoms with van der Waals surface area (Å²) in [5, 5.41) is -0.399. The molecule has 0 unspecified atom stereocenters. The Kier molecular flexibility index (Phi) is 7.16. The van der Waals surface area contributed by atoms with Crippen molar-refractivity contribution in [3.05, 3.63) is 24.3 Å². The van der Waals surface area contributed by atoms with E-state index in [0.29, 0.717) is 0 Å². The lowest BCUT2D eigenvalue weighted by atomic mass is 10.2. The maximum absolute atomic E-state index is 10.2. The number of allylic oxidation sites excluding steroid dienone is 4. The van der Waals surface area contributed by atoms with Gasteiger partial charge in [0.2, 0.25) is 5.24 Å². The van der Waals surface area contributed by atoms with Crippen molar-refractivity contribution in [3.8, 4) is 0 Å². The fourth-order valence-electron chi connectivity index (χ4n) is 0.653. The number of carbonyl (C=O) groups is 1. The van der Waals surface area contributed by atoms with E-state index in [-0.39, 0.29) is 0 Å². The normalized spacial score (nSPS) is 11.5. The highest BCUT2D eigenvalue weighted by molar-refractivity contribution is 6.66. The molecule has 0 radical (unpaired) electrons. The zero-order valence-corrected chi connectivity index (χ0v) is 7.47. The van der Waals surface area contributed by atoms with Gasteiger partial charge in [0.15, 0.2) is 0 Å². The highest BCUT2D eigenvalue weighted by Gasteiger charge is 1.82. The summed E-state index contributed by atoms with van der Waals surface area (Å²) in [6.07, 6.45) is 10.3. The van der Waals surface area contributed by atoms with Crippen molar-refractivity contribution in [1.29, 1.82) is 0 Å². The summed E-state index contributed by atoms with van der Waals surface area (Å²) in [7, 11) is 0. The number of hydrogen-bond acceptors (Lipinski definition) is 1. The van der Waals surface area contributed by atoms with Gasteiger partial charge in [0.05, 0.1) is 0 Å². The largest absolute Gasteiger partial charge is 0.276 e. The molecule has 0 saturated carbocycles. The molecule has 0 saturated heterocycles. The van der Waals surface area contributed by atoms with Crippen molar-refractivity contribution in [3.63, 3.8) is 0 Å². The lowest BCUT2D eigenvalue weighted by molar-refractivity contribution is -0.107. The number of hydrogen-bond donors (Lipinski definition) is 0. The molecule has 0 spiro atoms. The van der Waals surface area contributed by atoms with Crippen LogP contribution >= 0.6 is 11.6 Å². The standard InChI is InChI=1S/C9H13ClO/c1-2-3-4-5-6-7-8-9(10)11/h3-4,7-8H,2,5-6H2,1H3. The minimum absolute atomic E-state index is 0.399. The molecule has 11 heavy (non-hydrogen) atoms. The smallest absolute Gasteiger partial charge is 0.244 e. The average molecular weight is 173 g/mol. The zero-order chi connectivity index (χ0) is 8.53. The molecule has 0 amide bonds. The summed E-state index contributed by atoms with van der Waals surface area (Å²) in [5.41, 5.74) is 0. The van der Waals surface area contributed by atoms with Gasteiger partial charge in [0.1, 0.15) is 0 Å². The van der Waals surface area contributed by atoms with Crippen LogP contribution in [0.4, 0.5) is 0 Å². The highest BCUT2D eigenvalue weighted by Crippen LogP contribution is 1.94. The Morgan fingerprint density at radius 3 is 2.45 bits per heavy atom. The quantitative estimate of drug-likeness (QED) is 0.270. The van der Waals surface area contributed by atoms with Gasteiger partial charge in [-0.25, -0.2) is 0 Å². The molecule has 0 aliphatic rings. The molecule has 0 aromatic rings. The van der Waals surface area contributed by atoms with Crippen LogP contribution in [0.1, 0.15) is 26.2 Å². The molecule has 0 fully saturated rings. The fourth-order valence-corrected chi connectivity index (χ4v) is 0.742. The van der Waals surface area contributed by atoms with Crippen LogP contribution in [0.5, 0.6) is 0 Å². The van der Waals surface area contributed by atoms with Crippen LogP contribution in [-0.4, -0.2) is 5.24 Å². The SMILES string of the molecule is CCC=CCCC=CC(=O)Cl. The second-order valence-corrected chi connectivity index (χ2v) is 2.54. The minimum Gasteiger partial charge on any atom is -0.276 e. The zero-order valence-electron chi connectivity index (χ0n) is 6.72. The minimum atomic E-state index is -0.399. The molecule has 0 aliphatic carbocycles. The van der Waals surface area contributed by atoms with Gasteiger partial charge in [0.25, 0.3) is 0 Å². The molecule has 0 atom stereocenters. The van der Waals surface area contributed by atoms with Crippen LogP contribution < -0.4 is 0 Å². The van der Waals surface area contributed by atoms with E-state index in [1.165, 1.54) is 6.08 Å². The molecule has 2 heteroatoms. The van der Waals surface area contributed by atoms with Gasteiger partial charge in [-0.15, -0.1) is 0 Å². The maximum atomic E-state index is 10.2. The number of carbonyl (C=O) groups excluding carboxylic acids is 1. The van der Waals surface area contributed by atoms with Crippen molar-refractivity contribution < 1.29 is 4.79 Å². The van der Waals surface area contributed by atoms with E-state index in [0.717, 1.165) is 19.3 Å².